The summed E-state index contributed by atoms with van der Waals surface area (Å²) in [4.78, 5) is 29.1. The summed E-state index contributed by atoms with van der Waals surface area (Å²) in [5.41, 5.74) is -0.717. The van der Waals surface area contributed by atoms with Crippen LogP contribution >= 0.6 is 0 Å². The molecule has 1 saturated carbocycles. The minimum atomic E-state index is -2.34. The Hall–Kier alpha value is -0.529. The lowest BCUT2D eigenvalue weighted by Crippen LogP contribution is -2.64. The second-order valence-electron chi connectivity index (χ2n) is 16.1. The zero-order valence-electron chi connectivity index (χ0n) is 28.6. The summed E-state index contributed by atoms with van der Waals surface area (Å²) in [7, 11) is -6.80. The summed E-state index contributed by atoms with van der Waals surface area (Å²) in [6.45, 7) is 34.5. The van der Waals surface area contributed by atoms with E-state index in [9.17, 15) is 9.59 Å². The van der Waals surface area contributed by atoms with E-state index < -0.39 is 66.9 Å². The van der Waals surface area contributed by atoms with Gasteiger partial charge in [0.2, 0.25) is 5.91 Å². The maximum absolute atomic E-state index is 14.2. The average molecular weight is 616 g/mol. The molecule has 234 valence electrons. The highest BCUT2D eigenvalue weighted by Crippen LogP contribution is 2.49. The first-order valence-electron chi connectivity index (χ1n) is 15.5. The first-order valence-corrected chi connectivity index (χ1v) is 23.8. The van der Waals surface area contributed by atoms with Crippen LogP contribution in [-0.4, -0.2) is 71.8 Å². The quantitative estimate of drug-likeness (QED) is 0.243. The summed E-state index contributed by atoms with van der Waals surface area (Å²) in [6, 6.07) is 2.46. The van der Waals surface area contributed by atoms with Gasteiger partial charge >= 0.3 is 6.09 Å². The number of amides is 2. The van der Waals surface area contributed by atoms with E-state index in [2.05, 4.69) is 88.5 Å². The van der Waals surface area contributed by atoms with Gasteiger partial charge in [0.15, 0.2) is 25.0 Å². The highest BCUT2D eigenvalue weighted by Gasteiger charge is 2.63. The van der Waals surface area contributed by atoms with Crippen molar-refractivity contribution in [3.8, 4) is 0 Å². The highest BCUT2D eigenvalue weighted by atomic mass is 28.4. The molecule has 2 rings (SSSR count). The van der Waals surface area contributed by atoms with Crippen LogP contribution in [0.5, 0.6) is 0 Å². The number of fused-ring (bicyclic) bond motifs is 2. The van der Waals surface area contributed by atoms with Crippen molar-refractivity contribution in [1.29, 1.82) is 0 Å². The second kappa shape index (κ2) is 11.9. The summed E-state index contributed by atoms with van der Waals surface area (Å²) >= 11 is 0. The number of hydrogen-bond acceptors (Lipinski definition) is 6. The SMILES string of the molecule is CC[Si](CC)(CC)O[C@@H]1[C@@H](O[Si](C)(C)C(C)(C)C)[C@@H](O[Si](C)(C)C(C)(C)C)[C@@H]2C[C@H]1C(=O)N2C(=O)OC(C)(C)C. The second-order valence-corrected chi connectivity index (χ2v) is 30.3. The van der Waals surface area contributed by atoms with Crippen LogP contribution in [0.4, 0.5) is 4.79 Å². The van der Waals surface area contributed by atoms with Crippen LogP contribution in [0.2, 0.25) is 54.4 Å². The van der Waals surface area contributed by atoms with Gasteiger partial charge in [0.25, 0.3) is 0 Å². The van der Waals surface area contributed by atoms with Gasteiger partial charge in [-0.2, -0.15) is 0 Å². The lowest BCUT2D eigenvalue weighted by Gasteiger charge is -2.52. The van der Waals surface area contributed by atoms with Gasteiger partial charge in [-0.25, -0.2) is 9.69 Å². The molecule has 0 aromatic rings. The maximum atomic E-state index is 14.2. The normalized spacial score (nSPS) is 26.9. The third kappa shape index (κ3) is 7.33. The summed E-state index contributed by atoms with van der Waals surface area (Å²) in [6.07, 6.45) is -1.45. The lowest BCUT2D eigenvalue weighted by molar-refractivity contribution is -0.133. The highest BCUT2D eigenvalue weighted by molar-refractivity contribution is 6.75. The Morgan fingerprint density at radius 2 is 1.18 bits per heavy atom. The van der Waals surface area contributed by atoms with Gasteiger partial charge in [0.05, 0.1) is 30.3 Å². The largest absolute Gasteiger partial charge is 0.443 e. The molecule has 1 aliphatic heterocycles. The third-order valence-electron chi connectivity index (χ3n) is 10.2. The number of likely N-dealkylation sites (tertiary alicyclic amines) is 1. The standard InChI is InChI=1S/C30H61NO6Si3/c1-17-40(18-2,19-3)37-23-21-20-22(31(26(21)32)27(33)34-28(4,5)6)24(35-38(13,14)29(7,8)9)25(23)36-39(15,16)30(10,11)12/h21-25H,17-20H2,1-16H3/t21-,22+,23+,24+,25-/m1/s1. The van der Waals surface area contributed by atoms with Gasteiger partial charge in [-0.3, -0.25) is 4.79 Å². The van der Waals surface area contributed by atoms with Crippen molar-refractivity contribution >= 4 is 37.0 Å². The van der Waals surface area contributed by atoms with Crippen LogP contribution in [0.1, 0.15) is 89.5 Å². The molecule has 5 atom stereocenters. The Morgan fingerprint density at radius 3 is 1.55 bits per heavy atom. The number of ether oxygens (including phenoxy) is 1. The number of carbonyl (C=O) groups is 2. The Labute approximate surface area is 248 Å². The van der Waals surface area contributed by atoms with E-state index in [4.69, 9.17) is 18.0 Å². The van der Waals surface area contributed by atoms with Gasteiger partial charge in [0, 0.05) is 0 Å². The predicted octanol–water partition coefficient (Wildman–Crippen LogP) is 8.32. The predicted molar refractivity (Wildman–Crippen MR) is 171 cm³/mol. The minimum absolute atomic E-state index is 0.0424. The van der Waals surface area contributed by atoms with E-state index in [1.165, 1.54) is 4.90 Å². The van der Waals surface area contributed by atoms with Crippen LogP contribution in [0.15, 0.2) is 0 Å². The van der Waals surface area contributed by atoms with Gasteiger partial charge in [-0.15, -0.1) is 0 Å². The molecule has 0 aromatic carbocycles. The van der Waals surface area contributed by atoms with Crippen molar-refractivity contribution in [2.45, 2.75) is 174 Å². The van der Waals surface area contributed by atoms with Gasteiger partial charge in [-0.05, 0) is 81.6 Å². The van der Waals surface area contributed by atoms with Crippen LogP contribution < -0.4 is 0 Å². The van der Waals surface area contributed by atoms with E-state index in [-0.39, 0.29) is 16.0 Å². The molecule has 0 radical (unpaired) electrons. The van der Waals surface area contributed by atoms with E-state index in [1.807, 2.05) is 20.8 Å². The zero-order valence-corrected chi connectivity index (χ0v) is 31.6. The molecule has 0 unspecified atom stereocenters. The van der Waals surface area contributed by atoms with E-state index in [0.717, 1.165) is 18.1 Å². The number of rotatable bonds is 9. The molecule has 7 nitrogen and oxygen atoms in total. The molecule has 10 heteroatoms. The smallest absolute Gasteiger partial charge is 0.417 e. The number of carbonyl (C=O) groups excluding carboxylic acids is 2. The van der Waals surface area contributed by atoms with Crippen LogP contribution in [0, 0.1) is 5.92 Å². The van der Waals surface area contributed by atoms with Crippen molar-refractivity contribution in [1.82, 2.24) is 4.90 Å². The fourth-order valence-electron chi connectivity index (χ4n) is 5.29. The van der Waals surface area contributed by atoms with Crippen LogP contribution in [0.25, 0.3) is 0 Å². The van der Waals surface area contributed by atoms with E-state index >= 15 is 0 Å². The lowest BCUT2D eigenvalue weighted by atomic mass is 9.83. The molecule has 2 bridgehead atoms. The molecule has 2 amide bonds. The number of nitrogens with zero attached hydrogens (tertiary/aromatic N) is 1. The van der Waals surface area contributed by atoms with Gasteiger partial charge in [-0.1, -0.05) is 62.3 Å². The van der Waals surface area contributed by atoms with Gasteiger partial charge < -0.3 is 18.0 Å². The number of imide groups is 1. The molecule has 1 heterocycles. The van der Waals surface area contributed by atoms with Crippen LogP contribution in [-0.2, 0) is 22.8 Å². The van der Waals surface area contributed by atoms with Gasteiger partial charge in [0.1, 0.15) is 5.60 Å². The monoisotopic (exact) mass is 615 g/mol. The Bertz CT molecular complexity index is 906. The van der Waals surface area contributed by atoms with Crippen molar-refractivity contribution in [3.05, 3.63) is 0 Å². The molecule has 2 fully saturated rings. The van der Waals surface area contributed by atoms with E-state index in [0.29, 0.717) is 6.42 Å². The molecular formula is C30H61NO6Si3. The third-order valence-corrected chi connectivity index (χ3v) is 23.8. The summed E-state index contributed by atoms with van der Waals surface area (Å²) < 4.78 is 27.5. The topological polar surface area (TPSA) is 74.3 Å². The molecule has 0 N–H and O–H groups in total. The molecule has 0 spiro atoms. The maximum Gasteiger partial charge on any atom is 0.417 e. The molecule has 40 heavy (non-hydrogen) atoms. The first-order chi connectivity index (χ1) is 17.9. The van der Waals surface area contributed by atoms with E-state index in [1.54, 1.807) is 0 Å². The zero-order chi connectivity index (χ0) is 31.3. The molecule has 1 saturated heterocycles. The first kappa shape index (κ1) is 35.7. The van der Waals surface area contributed by atoms with Crippen molar-refractivity contribution in [2.75, 3.05) is 0 Å². The minimum Gasteiger partial charge on any atom is -0.443 e. The van der Waals surface area contributed by atoms with Crippen LogP contribution in [0.3, 0.4) is 0 Å². The Kier molecular flexibility index (Phi) is 10.6. The number of hydrogen-bond donors (Lipinski definition) is 0. The average Bonchev–Trinajstić information content (AvgIpc) is 3.08. The molecule has 0 aromatic heterocycles. The molecular weight excluding hydrogens is 555 g/mol. The fourth-order valence-corrected chi connectivity index (χ4v) is 10.8. The Balaban J connectivity index is 2.78. The van der Waals surface area contributed by atoms with Crippen molar-refractivity contribution in [3.63, 3.8) is 0 Å². The fraction of sp³-hybridized carbons (Fsp3) is 0.933. The Morgan fingerprint density at radius 1 is 0.750 bits per heavy atom. The van der Waals surface area contributed by atoms with Crippen molar-refractivity contribution < 1.29 is 27.6 Å². The summed E-state index contributed by atoms with van der Waals surface area (Å²) in [5, 5.41) is -0.102. The van der Waals surface area contributed by atoms with Crippen molar-refractivity contribution in [2.24, 2.45) is 5.92 Å². The molecule has 1 aliphatic carbocycles. The molecule has 2 aliphatic rings. The summed E-state index contributed by atoms with van der Waals surface area (Å²) in [5.74, 6) is -0.663.